The van der Waals surface area contributed by atoms with Crippen molar-refractivity contribution in [3.63, 3.8) is 0 Å². The number of benzene rings is 2. The number of nitrogens with zero attached hydrogens (tertiary/aromatic N) is 4. The van der Waals surface area contributed by atoms with Crippen LogP contribution in [0.2, 0.25) is 0 Å². The number of hydrogen-bond acceptors (Lipinski definition) is 5. The molecule has 5 rings (SSSR count). The lowest BCUT2D eigenvalue weighted by molar-refractivity contribution is 0.617. The van der Waals surface area contributed by atoms with Gasteiger partial charge in [-0.05, 0) is 30.5 Å². The Bertz CT molecular complexity index is 1330. The molecule has 0 bridgehead atoms. The SMILES string of the molecule is C[C@H]1Cc2ccccc2N1Cc1nc2scc(-c3ccccc3)c2c(=O)n1CC#N. The summed E-state index contributed by atoms with van der Waals surface area (Å²) >= 11 is 1.48. The summed E-state index contributed by atoms with van der Waals surface area (Å²) < 4.78 is 1.54. The van der Waals surface area contributed by atoms with Crippen molar-refractivity contribution in [2.45, 2.75) is 32.5 Å². The van der Waals surface area contributed by atoms with Crippen LogP contribution in [0.15, 0.2) is 64.8 Å². The van der Waals surface area contributed by atoms with Gasteiger partial charge in [-0.2, -0.15) is 5.26 Å². The van der Waals surface area contributed by atoms with Gasteiger partial charge in [0.1, 0.15) is 17.2 Å². The quantitative estimate of drug-likeness (QED) is 0.491. The van der Waals surface area contributed by atoms with Gasteiger partial charge in [-0.3, -0.25) is 9.36 Å². The molecule has 0 unspecified atom stereocenters. The summed E-state index contributed by atoms with van der Waals surface area (Å²) in [5, 5.41) is 12.0. The van der Waals surface area contributed by atoms with Crippen LogP contribution in [0.3, 0.4) is 0 Å². The fraction of sp³-hybridized carbons (Fsp3) is 0.208. The first-order valence-electron chi connectivity index (χ1n) is 9.95. The molecule has 1 atom stereocenters. The summed E-state index contributed by atoms with van der Waals surface area (Å²) in [6.07, 6.45) is 0.970. The molecule has 1 aliphatic rings. The van der Waals surface area contributed by atoms with Gasteiger partial charge in [0.2, 0.25) is 0 Å². The van der Waals surface area contributed by atoms with Crippen LogP contribution < -0.4 is 10.5 Å². The number of thiophene rings is 1. The summed E-state index contributed by atoms with van der Waals surface area (Å²) in [6, 6.07) is 20.7. The van der Waals surface area contributed by atoms with E-state index in [9.17, 15) is 10.1 Å². The maximum Gasteiger partial charge on any atom is 0.263 e. The monoisotopic (exact) mass is 412 g/mol. The Labute approximate surface area is 178 Å². The Kier molecular flexibility index (Phi) is 4.61. The summed E-state index contributed by atoms with van der Waals surface area (Å²) in [5.41, 5.74) is 4.21. The van der Waals surface area contributed by atoms with Crippen molar-refractivity contribution < 1.29 is 0 Å². The van der Waals surface area contributed by atoms with Crippen LogP contribution in [0.4, 0.5) is 5.69 Å². The Morgan fingerprint density at radius 1 is 1.17 bits per heavy atom. The molecule has 0 N–H and O–H groups in total. The largest absolute Gasteiger partial charge is 0.361 e. The Morgan fingerprint density at radius 2 is 1.93 bits per heavy atom. The summed E-state index contributed by atoms with van der Waals surface area (Å²) in [4.78, 5) is 21.3. The molecule has 0 fully saturated rings. The first-order valence-corrected chi connectivity index (χ1v) is 10.8. The minimum absolute atomic E-state index is 0.00888. The third-order valence-corrected chi connectivity index (χ3v) is 6.62. The molecule has 2 aromatic carbocycles. The van der Waals surface area contributed by atoms with Gasteiger partial charge < -0.3 is 4.90 Å². The lowest BCUT2D eigenvalue weighted by Crippen LogP contribution is -2.33. The maximum atomic E-state index is 13.5. The molecule has 148 valence electrons. The Morgan fingerprint density at radius 3 is 2.73 bits per heavy atom. The molecule has 30 heavy (non-hydrogen) atoms. The number of anilines is 1. The molecule has 2 aromatic heterocycles. The molecular weight excluding hydrogens is 392 g/mol. The highest BCUT2D eigenvalue weighted by Gasteiger charge is 2.27. The van der Waals surface area contributed by atoms with Gasteiger partial charge in [-0.25, -0.2) is 4.98 Å². The fourth-order valence-electron chi connectivity index (χ4n) is 4.27. The van der Waals surface area contributed by atoms with Crippen LogP contribution in [0.1, 0.15) is 18.3 Å². The molecule has 0 amide bonds. The van der Waals surface area contributed by atoms with E-state index in [4.69, 9.17) is 4.98 Å². The van der Waals surface area contributed by atoms with Crippen molar-refractivity contribution in [2.75, 3.05) is 4.90 Å². The highest BCUT2D eigenvalue weighted by atomic mass is 32.1. The predicted molar refractivity (Wildman–Crippen MR) is 121 cm³/mol. The highest BCUT2D eigenvalue weighted by Crippen LogP contribution is 2.34. The second-order valence-corrected chi connectivity index (χ2v) is 8.44. The lowest BCUT2D eigenvalue weighted by Gasteiger charge is -2.25. The van der Waals surface area contributed by atoms with Gasteiger partial charge >= 0.3 is 0 Å². The number of nitriles is 1. The van der Waals surface area contributed by atoms with E-state index in [1.54, 1.807) is 0 Å². The number of aromatic nitrogens is 2. The van der Waals surface area contributed by atoms with Crippen LogP contribution in [0, 0.1) is 11.3 Å². The molecule has 0 spiro atoms. The molecule has 1 aliphatic heterocycles. The fourth-order valence-corrected chi connectivity index (χ4v) is 5.23. The molecule has 0 saturated heterocycles. The van der Waals surface area contributed by atoms with E-state index in [0.29, 0.717) is 23.8 Å². The zero-order valence-electron chi connectivity index (χ0n) is 16.6. The van der Waals surface area contributed by atoms with Crippen LogP contribution in [-0.4, -0.2) is 15.6 Å². The van der Waals surface area contributed by atoms with E-state index >= 15 is 0 Å². The second-order valence-electron chi connectivity index (χ2n) is 7.58. The van der Waals surface area contributed by atoms with Gasteiger partial charge in [0, 0.05) is 22.7 Å². The molecule has 6 heteroatoms. The maximum absolute atomic E-state index is 13.5. The zero-order chi connectivity index (χ0) is 20.7. The Balaban J connectivity index is 1.64. The highest BCUT2D eigenvalue weighted by molar-refractivity contribution is 7.17. The smallest absolute Gasteiger partial charge is 0.263 e. The summed E-state index contributed by atoms with van der Waals surface area (Å²) in [6.45, 7) is 2.68. The van der Waals surface area contributed by atoms with Gasteiger partial charge in [0.05, 0.1) is 18.0 Å². The standard InChI is InChI=1S/C24H20N4OS/c1-16-13-18-9-5-6-10-20(18)28(16)14-21-26-23-22(24(29)27(21)12-11-25)19(15-30-23)17-7-3-2-4-8-17/h2-10,15-16H,12-14H2,1H3/t16-/m0/s1. The molecule has 0 aliphatic carbocycles. The number of hydrogen-bond donors (Lipinski definition) is 0. The number of rotatable bonds is 4. The van der Waals surface area contributed by atoms with Crippen molar-refractivity contribution in [1.82, 2.24) is 9.55 Å². The molecule has 0 radical (unpaired) electrons. The number of para-hydroxylation sites is 1. The average molecular weight is 413 g/mol. The van der Waals surface area contributed by atoms with Crippen LogP contribution in [-0.2, 0) is 19.5 Å². The van der Waals surface area contributed by atoms with Gasteiger partial charge in [-0.1, -0.05) is 48.5 Å². The van der Waals surface area contributed by atoms with E-state index in [1.165, 1.54) is 27.2 Å². The molecular formula is C24H20N4OS. The summed E-state index contributed by atoms with van der Waals surface area (Å²) in [7, 11) is 0. The van der Waals surface area contributed by atoms with Crippen LogP contribution >= 0.6 is 11.3 Å². The van der Waals surface area contributed by atoms with E-state index < -0.39 is 0 Å². The zero-order valence-corrected chi connectivity index (χ0v) is 17.4. The topological polar surface area (TPSA) is 61.9 Å². The van der Waals surface area contributed by atoms with E-state index in [1.807, 2.05) is 41.8 Å². The average Bonchev–Trinajstić information content (AvgIpc) is 3.33. The van der Waals surface area contributed by atoms with E-state index in [2.05, 4.69) is 36.1 Å². The first kappa shape index (κ1) is 18.6. The third-order valence-electron chi connectivity index (χ3n) is 5.75. The van der Waals surface area contributed by atoms with E-state index in [0.717, 1.165) is 22.4 Å². The molecule has 3 heterocycles. The van der Waals surface area contributed by atoms with Crippen molar-refractivity contribution in [3.8, 4) is 17.2 Å². The summed E-state index contributed by atoms with van der Waals surface area (Å²) in [5.74, 6) is 0.638. The minimum atomic E-state index is -0.142. The van der Waals surface area contributed by atoms with Gasteiger partial charge in [0.25, 0.3) is 5.56 Å². The van der Waals surface area contributed by atoms with Crippen LogP contribution in [0.25, 0.3) is 21.3 Å². The molecule has 4 aromatic rings. The first-order chi connectivity index (χ1) is 14.7. The van der Waals surface area contributed by atoms with Crippen molar-refractivity contribution in [3.05, 3.63) is 81.7 Å². The molecule has 0 saturated carbocycles. The third kappa shape index (κ3) is 2.99. The Hall–Kier alpha value is -3.43. The lowest BCUT2D eigenvalue weighted by atomic mass is 10.1. The van der Waals surface area contributed by atoms with Gasteiger partial charge in [0.15, 0.2) is 0 Å². The minimum Gasteiger partial charge on any atom is -0.361 e. The predicted octanol–water partition coefficient (Wildman–Crippen LogP) is 4.60. The number of fused-ring (bicyclic) bond motifs is 2. The van der Waals surface area contributed by atoms with Gasteiger partial charge in [-0.15, -0.1) is 11.3 Å². The van der Waals surface area contributed by atoms with Crippen molar-refractivity contribution in [1.29, 1.82) is 5.26 Å². The van der Waals surface area contributed by atoms with Crippen molar-refractivity contribution in [2.24, 2.45) is 0 Å². The second kappa shape index (κ2) is 7.43. The van der Waals surface area contributed by atoms with Crippen molar-refractivity contribution >= 4 is 27.2 Å². The van der Waals surface area contributed by atoms with E-state index in [-0.39, 0.29) is 12.1 Å². The molecule has 5 nitrogen and oxygen atoms in total. The normalized spacial score (nSPS) is 15.3. The van der Waals surface area contributed by atoms with Crippen LogP contribution in [0.5, 0.6) is 0 Å².